The fourth-order valence-corrected chi connectivity index (χ4v) is 2.79. The second-order valence-corrected chi connectivity index (χ2v) is 5.01. The van der Waals surface area contributed by atoms with E-state index in [9.17, 15) is 0 Å². The largest absolute Gasteiger partial charge is 0.399 e. The molecule has 0 spiro atoms. The van der Waals surface area contributed by atoms with Crippen LogP contribution in [-0.4, -0.2) is 19.2 Å². The molecule has 0 aliphatic rings. The zero-order valence-corrected chi connectivity index (χ0v) is 11.7. The lowest BCUT2D eigenvalue weighted by molar-refractivity contribution is 0.803. The molecule has 0 amide bonds. The molecule has 0 saturated heterocycles. The topological polar surface area (TPSA) is 61.1 Å². The lowest BCUT2D eigenvalue weighted by Crippen LogP contribution is -1.94. The number of nitrogen functional groups attached to an aromatic ring is 1. The van der Waals surface area contributed by atoms with Crippen molar-refractivity contribution < 1.29 is 0 Å². The van der Waals surface area contributed by atoms with Gasteiger partial charge in [0.25, 0.3) is 0 Å². The van der Waals surface area contributed by atoms with Crippen LogP contribution in [0.3, 0.4) is 0 Å². The summed E-state index contributed by atoms with van der Waals surface area (Å²) < 4.78 is 4.27. The van der Waals surface area contributed by atoms with E-state index in [1.807, 2.05) is 36.4 Å². The Morgan fingerprint density at radius 2 is 1.67 bits per heavy atom. The molecule has 4 aromatic rings. The Kier molecular flexibility index (Phi) is 2.47. The highest BCUT2D eigenvalue weighted by Crippen LogP contribution is 2.26. The van der Waals surface area contributed by atoms with Crippen molar-refractivity contribution in [1.29, 1.82) is 0 Å². The lowest BCUT2D eigenvalue weighted by Gasteiger charge is -1.99. The van der Waals surface area contributed by atoms with Gasteiger partial charge in [-0.25, -0.2) is 0 Å². The third-order valence-corrected chi connectivity index (χ3v) is 3.79. The zero-order chi connectivity index (χ0) is 14.4. The second kappa shape index (κ2) is 4.34. The minimum atomic E-state index is 0.746. The molecule has 5 nitrogen and oxygen atoms in total. The summed E-state index contributed by atoms with van der Waals surface area (Å²) in [4.78, 5) is 0. The summed E-state index contributed by atoms with van der Waals surface area (Å²) in [6.07, 6.45) is 0. The van der Waals surface area contributed by atoms with E-state index in [4.69, 9.17) is 5.73 Å². The monoisotopic (exact) mass is 277 g/mol. The highest BCUT2D eigenvalue weighted by Gasteiger charge is 2.16. The Labute approximate surface area is 121 Å². The molecule has 0 fully saturated rings. The van der Waals surface area contributed by atoms with E-state index in [2.05, 4.69) is 38.2 Å². The van der Waals surface area contributed by atoms with Gasteiger partial charge in [-0.3, -0.25) is 4.40 Å². The van der Waals surface area contributed by atoms with Gasteiger partial charge in [0, 0.05) is 17.8 Å². The van der Waals surface area contributed by atoms with Crippen LogP contribution in [0.15, 0.2) is 48.5 Å². The van der Waals surface area contributed by atoms with Gasteiger partial charge in [0.05, 0.1) is 11.0 Å². The third-order valence-electron chi connectivity index (χ3n) is 3.79. The van der Waals surface area contributed by atoms with Crippen LogP contribution in [0, 0.1) is 0 Å². The first-order chi connectivity index (χ1) is 10.3. The molecular weight excluding hydrogens is 262 g/mol. The van der Waals surface area contributed by atoms with E-state index < -0.39 is 0 Å². The van der Waals surface area contributed by atoms with Gasteiger partial charge in [-0.05, 0) is 43.3 Å². The first-order valence-corrected chi connectivity index (χ1v) is 6.98. The van der Waals surface area contributed by atoms with Crippen LogP contribution >= 0.6 is 0 Å². The molecule has 5 heteroatoms. The molecule has 0 unspecified atom stereocenters. The smallest absolute Gasteiger partial charge is 0.236 e. The number of aryl methyl sites for hydroxylation is 1. The fraction of sp³-hybridized carbons (Fsp3) is 0.125. The summed E-state index contributed by atoms with van der Waals surface area (Å²) in [5.41, 5.74) is 9.80. The van der Waals surface area contributed by atoms with Gasteiger partial charge in [-0.2, -0.15) is 0 Å². The first-order valence-electron chi connectivity index (χ1n) is 6.98. The molecule has 21 heavy (non-hydrogen) atoms. The van der Waals surface area contributed by atoms with Gasteiger partial charge in [0.15, 0.2) is 5.82 Å². The van der Waals surface area contributed by atoms with Crippen LogP contribution in [-0.2, 0) is 6.54 Å². The van der Waals surface area contributed by atoms with Gasteiger partial charge < -0.3 is 10.3 Å². The van der Waals surface area contributed by atoms with Crippen molar-refractivity contribution >= 4 is 22.5 Å². The third kappa shape index (κ3) is 1.64. The van der Waals surface area contributed by atoms with E-state index in [-0.39, 0.29) is 0 Å². The van der Waals surface area contributed by atoms with Crippen molar-refractivity contribution in [1.82, 2.24) is 19.2 Å². The van der Waals surface area contributed by atoms with Gasteiger partial charge in [0.1, 0.15) is 0 Å². The summed E-state index contributed by atoms with van der Waals surface area (Å²) in [6, 6.07) is 16.0. The molecule has 0 aliphatic carbocycles. The van der Waals surface area contributed by atoms with Crippen LogP contribution in [0.2, 0.25) is 0 Å². The molecule has 0 atom stereocenters. The standard InChI is InChI=1S/C16H15N5/c1-2-20-13-5-3-4-6-14(13)21-15(18-19-16(20)21)11-7-9-12(17)10-8-11/h3-10H,2,17H2,1H3. The fourth-order valence-electron chi connectivity index (χ4n) is 2.79. The number of aromatic nitrogens is 4. The zero-order valence-electron chi connectivity index (χ0n) is 11.7. The summed E-state index contributed by atoms with van der Waals surface area (Å²) >= 11 is 0. The molecule has 2 heterocycles. The first kappa shape index (κ1) is 12.0. The van der Waals surface area contributed by atoms with E-state index in [1.165, 1.54) is 5.52 Å². The van der Waals surface area contributed by atoms with E-state index >= 15 is 0 Å². The Bertz CT molecular complexity index is 931. The maximum atomic E-state index is 5.76. The predicted molar refractivity (Wildman–Crippen MR) is 84.0 cm³/mol. The van der Waals surface area contributed by atoms with Crippen molar-refractivity contribution in [2.45, 2.75) is 13.5 Å². The number of nitrogens with two attached hydrogens (primary N) is 1. The average molecular weight is 277 g/mol. The van der Waals surface area contributed by atoms with Crippen molar-refractivity contribution in [2.24, 2.45) is 0 Å². The lowest BCUT2D eigenvalue weighted by atomic mass is 10.2. The number of para-hydroxylation sites is 2. The number of hydrogen-bond acceptors (Lipinski definition) is 3. The van der Waals surface area contributed by atoms with Crippen LogP contribution in [0.25, 0.3) is 28.2 Å². The second-order valence-electron chi connectivity index (χ2n) is 5.01. The number of fused-ring (bicyclic) bond motifs is 3. The quantitative estimate of drug-likeness (QED) is 0.573. The highest BCUT2D eigenvalue weighted by atomic mass is 15.3. The van der Waals surface area contributed by atoms with Gasteiger partial charge in [-0.1, -0.05) is 12.1 Å². The summed E-state index contributed by atoms with van der Waals surface area (Å²) in [5.74, 6) is 1.71. The van der Waals surface area contributed by atoms with Crippen LogP contribution in [0.4, 0.5) is 5.69 Å². The minimum Gasteiger partial charge on any atom is -0.399 e. The SMILES string of the molecule is CCn1c2ccccc2n2c(-c3ccc(N)cc3)nnc12. The molecule has 104 valence electrons. The molecule has 0 bridgehead atoms. The van der Waals surface area contributed by atoms with Crippen LogP contribution in [0.1, 0.15) is 6.92 Å². The van der Waals surface area contributed by atoms with Gasteiger partial charge in [0.2, 0.25) is 5.78 Å². The van der Waals surface area contributed by atoms with E-state index in [0.29, 0.717) is 0 Å². The number of anilines is 1. The van der Waals surface area contributed by atoms with Crippen molar-refractivity contribution in [3.05, 3.63) is 48.5 Å². The summed E-state index contributed by atoms with van der Waals surface area (Å²) in [5, 5.41) is 8.74. The van der Waals surface area contributed by atoms with Crippen LogP contribution < -0.4 is 5.73 Å². The highest BCUT2D eigenvalue weighted by molar-refractivity contribution is 5.83. The van der Waals surface area contributed by atoms with E-state index in [1.54, 1.807) is 0 Å². The summed E-state index contributed by atoms with van der Waals surface area (Å²) in [7, 11) is 0. The minimum absolute atomic E-state index is 0.746. The van der Waals surface area contributed by atoms with Crippen molar-refractivity contribution in [3.63, 3.8) is 0 Å². The van der Waals surface area contributed by atoms with Crippen molar-refractivity contribution in [2.75, 3.05) is 5.73 Å². The molecule has 2 aromatic carbocycles. The Morgan fingerprint density at radius 1 is 0.952 bits per heavy atom. The van der Waals surface area contributed by atoms with Crippen LogP contribution in [0.5, 0.6) is 0 Å². The number of nitrogens with zero attached hydrogens (tertiary/aromatic N) is 4. The maximum Gasteiger partial charge on any atom is 0.236 e. The van der Waals surface area contributed by atoms with E-state index in [0.717, 1.165) is 34.9 Å². The Balaban J connectivity index is 2.09. The molecule has 4 rings (SSSR count). The molecule has 0 aliphatic heterocycles. The number of hydrogen-bond donors (Lipinski definition) is 1. The Morgan fingerprint density at radius 3 is 2.38 bits per heavy atom. The normalized spacial score (nSPS) is 11.5. The predicted octanol–water partition coefficient (Wildman–Crippen LogP) is 2.95. The van der Waals surface area contributed by atoms with Gasteiger partial charge in [-0.15, -0.1) is 10.2 Å². The van der Waals surface area contributed by atoms with Crippen molar-refractivity contribution in [3.8, 4) is 11.4 Å². The molecule has 0 saturated carbocycles. The van der Waals surface area contributed by atoms with Gasteiger partial charge >= 0.3 is 0 Å². The molecule has 0 radical (unpaired) electrons. The molecule has 2 N–H and O–H groups in total. The number of imidazole rings is 1. The number of rotatable bonds is 2. The Hall–Kier alpha value is -2.82. The number of benzene rings is 2. The summed E-state index contributed by atoms with van der Waals surface area (Å²) in [6.45, 7) is 2.97. The maximum absolute atomic E-state index is 5.76. The molecular formula is C16H15N5. The molecule has 2 aromatic heterocycles. The average Bonchev–Trinajstić information content (AvgIpc) is 3.06.